The van der Waals surface area contributed by atoms with Crippen LogP contribution in [0.3, 0.4) is 0 Å². The smallest absolute Gasteiger partial charge is 0.0595 e. The van der Waals surface area contributed by atoms with Gasteiger partial charge in [0.15, 0.2) is 0 Å². The third-order valence-corrected chi connectivity index (χ3v) is 2.77. The van der Waals surface area contributed by atoms with E-state index in [1.165, 1.54) is 0 Å². The van der Waals surface area contributed by atoms with Crippen molar-refractivity contribution in [2.75, 3.05) is 13.1 Å². The Labute approximate surface area is 94.4 Å². The van der Waals surface area contributed by atoms with Gasteiger partial charge in [-0.3, -0.25) is 0 Å². The molecule has 0 aromatic heterocycles. The van der Waals surface area contributed by atoms with Gasteiger partial charge in [0.2, 0.25) is 0 Å². The van der Waals surface area contributed by atoms with Crippen molar-refractivity contribution in [1.29, 1.82) is 0 Å². The molecule has 0 aliphatic heterocycles. The van der Waals surface area contributed by atoms with Gasteiger partial charge < -0.3 is 11.1 Å². The Morgan fingerprint density at radius 2 is 2.07 bits per heavy atom. The minimum Gasteiger partial charge on any atom is -0.329 e. The van der Waals surface area contributed by atoms with Crippen molar-refractivity contribution < 1.29 is 0 Å². The predicted octanol–water partition coefficient (Wildman–Crippen LogP) is 2.60. The second-order valence-electron chi connectivity index (χ2n) is 3.02. The number of rotatable bonds is 4. The lowest BCUT2D eigenvalue weighted by Crippen LogP contribution is -2.27. The lowest BCUT2D eigenvalue weighted by molar-refractivity contribution is 0.562. The summed E-state index contributed by atoms with van der Waals surface area (Å²) in [6, 6.07) is 5.73. The van der Waals surface area contributed by atoms with Crippen molar-refractivity contribution in [1.82, 2.24) is 5.32 Å². The molecule has 3 N–H and O–H groups in total. The molecule has 0 heterocycles. The van der Waals surface area contributed by atoms with Gasteiger partial charge >= 0.3 is 0 Å². The van der Waals surface area contributed by atoms with Crippen LogP contribution in [0, 0.1) is 0 Å². The van der Waals surface area contributed by atoms with E-state index >= 15 is 0 Å². The standard InChI is InChI=1S/C10H14Cl2N2/c1-2-14-10(6-13)7-3-4-8(11)9(12)5-7/h3-5,10,14H,2,6,13H2,1H3. The van der Waals surface area contributed by atoms with Crippen molar-refractivity contribution in [2.45, 2.75) is 13.0 Å². The van der Waals surface area contributed by atoms with Crippen LogP contribution in [0.5, 0.6) is 0 Å². The second kappa shape index (κ2) is 5.56. The second-order valence-corrected chi connectivity index (χ2v) is 3.83. The largest absolute Gasteiger partial charge is 0.329 e. The Morgan fingerprint density at radius 1 is 1.36 bits per heavy atom. The van der Waals surface area contributed by atoms with Crippen LogP contribution in [-0.2, 0) is 0 Å². The van der Waals surface area contributed by atoms with Crippen LogP contribution in [0.25, 0.3) is 0 Å². The fraction of sp³-hybridized carbons (Fsp3) is 0.400. The quantitative estimate of drug-likeness (QED) is 0.838. The minimum absolute atomic E-state index is 0.148. The number of halogens is 2. The van der Waals surface area contributed by atoms with Gasteiger partial charge in [0, 0.05) is 12.6 Å². The summed E-state index contributed by atoms with van der Waals surface area (Å²) in [7, 11) is 0. The third-order valence-electron chi connectivity index (χ3n) is 2.03. The van der Waals surface area contributed by atoms with Crippen molar-refractivity contribution in [2.24, 2.45) is 5.73 Å². The number of hydrogen-bond acceptors (Lipinski definition) is 2. The molecule has 4 heteroatoms. The number of hydrogen-bond donors (Lipinski definition) is 2. The van der Waals surface area contributed by atoms with Crippen molar-refractivity contribution in [3.05, 3.63) is 33.8 Å². The molecule has 14 heavy (non-hydrogen) atoms. The molecule has 0 saturated heterocycles. The van der Waals surface area contributed by atoms with Crippen LogP contribution in [0.2, 0.25) is 10.0 Å². The zero-order chi connectivity index (χ0) is 10.6. The molecule has 1 unspecified atom stereocenters. The maximum absolute atomic E-state index is 5.91. The van der Waals surface area contributed by atoms with Crippen molar-refractivity contribution in [3.8, 4) is 0 Å². The summed E-state index contributed by atoms with van der Waals surface area (Å²) in [6.45, 7) is 3.47. The van der Waals surface area contributed by atoms with Gasteiger partial charge in [-0.15, -0.1) is 0 Å². The summed E-state index contributed by atoms with van der Waals surface area (Å²) >= 11 is 11.7. The predicted molar refractivity (Wildman–Crippen MR) is 61.9 cm³/mol. The Hall–Kier alpha value is -0.280. The number of nitrogens with one attached hydrogen (secondary N) is 1. The SMILES string of the molecule is CCNC(CN)c1ccc(Cl)c(Cl)c1. The lowest BCUT2D eigenvalue weighted by Gasteiger charge is -2.16. The number of nitrogens with two attached hydrogens (primary N) is 1. The fourth-order valence-electron chi connectivity index (χ4n) is 1.31. The summed E-state index contributed by atoms with van der Waals surface area (Å²) in [5, 5.41) is 4.41. The molecule has 0 aliphatic carbocycles. The summed E-state index contributed by atoms with van der Waals surface area (Å²) in [4.78, 5) is 0. The van der Waals surface area contributed by atoms with Crippen LogP contribution in [0.1, 0.15) is 18.5 Å². The highest BCUT2D eigenvalue weighted by molar-refractivity contribution is 6.42. The van der Waals surface area contributed by atoms with E-state index in [4.69, 9.17) is 28.9 Å². The first-order valence-corrected chi connectivity index (χ1v) is 5.33. The Morgan fingerprint density at radius 3 is 2.57 bits per heavy atom. The first-order chi connectivity index (χ1) is 6.69. The van der Waals surface area contributed by atoms with Gasteiger partial charge in [-0.05, 0) is 24.2 Å². The van der Waals surface area contributed by atoms with E-state index in [1.54, 1.807) is 6.07 Å². The summed E-state index contributed by atoms with van der Waals surface area (Å²) < 4.78 is 0. The topological polar surface area (TPSA) is 38.0 Å². The molecular weight excluding hydrogens is 219 g/mol. The third kappa shape index (κ3) is 2.85. The molecule has 0 aliphatic rings. The van der Waals surface area contributed by atoms with Crippen LogP contribution >= 0.6 is 23.2 Å². The van der Waals surface area contributed by atoms with Crippen LogP contribution in [-0.4, -0.2) is 13.1 Å². The Balaban J connectivity index is 2.88. The van der Waals surface area contributed by atoms with Gasteiger partial charge in [0.25, 0.3) is 0 Å². The first kappa shape index (κ1) is 11.8. The van der Waals surface area contributed by atoms with Crippen LogP contribution in [0.4, 0.5) is 0 Å². The maximum Gasteiger partial charge on any atom is 0.0595 e. The zero-order valence-corrected chi connectivity index (χ0v) is 9.57. The maximum atomic E-state index is 5.91. The molecule has 1 atom stereocenters. The average molecular weight is 233 g/mol. The molecule has 0 bridgehead atoms. The van der Waals surface area contributed by atoms with Crippen molar-refractivity contribution >= 4 is 23.2 Å². The molecule has 1 aromatic rings. The highest BCUT2D eigenvalue weighted by atomic mass is 35.5. The normalized spacial score (nSPS) is 12.9. The van der Waals surface area contributed by atoms with E-state index < -0.39 is 0 Å². The van der Waals surface area contributed by atoms with Crippen LogP contribution < -0.4 is 11.1 Å². The molecule has 0 amide bonds. The highest BCUT2D eigenvalue weighted by Crippen LogP contribution is 2.25. The van der Waals surface area contributed by atoms with Gasteiger partial charge in [-0.2, -0.15) is 0 Å². The molecule has 1 rings (SSSR count). The van der Waals surface area contributed by atoms with Gasteiger partial charge in [0.1, 0.15) is 0 Å². The number of benzene rings is 1. The average Bonchev–Trinajstić information content (AvgIpc) is 2.19. The monoisotopic (exact) mass is 232 g/mol. The molecular formula is C10H14Cl2N2. The molecule has 0 radical (unpaired) electrons. The van der Waals surface area contributed by atoms with Crippen molar-refractivity contribution in [3.63, 3.8) is 0 Å². The Kier molecular flexibility index (Phi) is 4.69. The molecule has 1 aromatic carbocycles. The molecule has 2 nitrogen and oxygen atoms in total. The summed E-state index contributed by atoms with van der Waals surface area (Å²) in [5.41, 5.74) is 6.71. The lowest BCUT2D eigenvalue weighted by atomic mass is 10.1. The van der Waals surface area contributed by atoms with E-state index in [2.05, 4.69) is 5.32 Å². The minimum atomic E-state index is 0.148. The Bertz CT molecular complexity index is 302. The fourth-order valence-corrected chi connectivity index (χ4v) is 1.62. The van der Waals surface area contributed by atoms with E-state index in [0.717, 1.165) is 12.1 Å². The summed E-state index contributed by atoms with van der Waals surface area (Å²) in [5.74, 6) is 0. The molecule has 78 valence electrons. The highest BCUT2D eigenvalue weighted by Gasteiger charge is 2.09. The first-order valence-electron chi connectivity index (χ1n) is 4.57. The van der Waals surface area contributed by atoms with E-state index in [9.17, 15) is 0 Å². The van der Waals surface area contributed by atoms with Crippen LogP contribution in [0.15, 0.2) is 18.2 Å². The van der Waals surface area contributed by atoms with Gasteiger partial charge in [-0.1, -0.05) is 36.2 Å². The van der Waals surface area contributed by atoms with E-state index in [1.807, 2.05) is 19.1 Å². The van der Waals surface area contributed by atoms with Gasteiger partial charge in [0.05, 0.1) is 10.0 Å². The molecule has 0 fully saturated rings. The molecule has 0 spiro atoms. The molecule has 0 saturated carbocycles. The number of likely N-dealkylation sites (N-methyl/N-ethyl adjacent to an activating group) is 1. The van der Waals surface area contributed by atoms with Gasteiger partial charge in [-0.25, -0.2) is 0 Å². The van der Waals surface area contributed by atoms with E-state index in [0.29, 0.717) is 16.6 Å². The zero-order valence-electron chi connectivity index (χ0n) is 8.06. The summed E-state index contributed by atoms with van der Waals surface area (Å²) in [6.07, 6.45) is 0. The van der Waals surface area contributed by atoms with E-state index in [-0.39, 0.29) is 6.04 Å².